The Morgan fingerprint density at radius 1 is 0.895 bits per heavy atom. The van der Waals surface area contributed by atoms with Gasteiger partial charge in [0.25, 0.3) is 5.91 Å². The van der Waals surface area contributed by atoms with Crippen LogP contribution >= 0.6 is 0 Å². The van der Waals surface area contributed by atoms with Crippen LogP contribution < -0.4 is 19.6 Å². The highest BCUT2D eigenvalue weighted by molar-refractivity contribution is 5.84. The highest BCUT2D eigenvalue weighted by Gasteiger charge is 2.11. The Morgan fingerprint density at radius 2 is 1.66 bits per heavy atom. The van der Waals surface area contributed by atoms with Crippen molar-refractivity contribution in [1.82, 2.24) is 5.43 Å². The summed E-state index contributed by atoms with van der Waals surface area (Å²) in [6, 6.07) is 25.5. The fraction of sp³-hybridized carbons (Fsp3) is 0.138. The number of carbonyl (C=O) groups is 2. The number of aromatic carboxylic acids is 1. The Kier molecular flexibility index (Phi) is 8.75. The van der Waals surface area contributed by atoms with Gasteiger partial charge in [-0.1, -0.05) is 42.5 Å². The van der Waals surface area contributed by atoms with Gasteiger partial charge in [0.05, 0.1) is 12.8 Å². The zero-order valence-corrected chi connectivity index (χ0v) is 20.6. The van der Waals surface area contributed by atoms with Crippen LogP contribution in [0.15, 0.2) is 94.4 Å². The summed E-state index contributed by atoms with van der Waals surface area (Å²) in [5.41, 5.74) is 5.27. The Balaban J connectivity index is 1.27. The van der Waals surface area contributed by atoms with E-state index in [0.717, 1.165) is 11.1 Å². The third kappa shape index (κ3) is 7.23. The van der Waals surface area contributed by atoms with Crippen molar-refractivity contribution in [2.24, 2.45) is 5.10 Å². The number of carboxylic acids is 1. The van der Waals surface area contributed by atoms with Crippen LogP contribution in [0, 0.1) is 0 Å². The van der Waals surface area contributed by atoms with Crippen LogP contribution in [-0.2, 0) is 11.4 Å². The van der Waals surface area contributed by atoms with Crippen molar-refractivity contribution in [1.29, 1.82) is 0 Å². The Hall–Kier alpha value is -5.05. The Labute approximate surface area is 219 Å². The van der Waals surface area contributed by atoms with Crippen LogP contribution in [0.1, 0.15) is 28.8 Å². The summed E-state index contributed by atoms with van der Waals surface area (Å²) in [6.07, 6.45) is 1.48. The molecule has 0 aliphatic carbocycles. The lowest BCUT2D eigenvalue weighted by Crippen LogP contribution is -2.24. The number of nitrogens with one attached hydrogen (secondary N) is 1. The molecule has 0 spiro atoms. The molecule has 1 aromatic heterocycles. The minimum atomic E-state index is -1.15. The molecule has 0 atom stereocenters. The van der Waals surface area contributed by atoms with Gasteiger partial charge in [0.2, 0.25) is 5.76 Å². The van der Waals surface area contributed by atoms with Crippen LogP contribution in [0.3, 0.4) is 0 Å². The van der Waals surface area contributed by atoms with E-state index in [1.54, 1.807) is 18.2 Å². The second-order valence-corrected chi connectivity index (χ2v) is 7.97. The summed E-state index contributed by atoms with van der Waals surface area (Å²) in [7, 11) is 0. The summed E-state index contributed by atoms with van der Waals surface area (Å²) < 4.78 is 22.1. The maximum absolute atomic E-state index is 12.1. The molecule has 4 rings (SSSR count). The maximum Gasteiger partial charge on any atom is 0.371 e. The molecule has 0 aliphatic rings. The average molecular weight is 515 g/mol. The number of hydrazone groups is 1. The molecular weight excluding hydrogens is 488 g/mol. The molecule has 0 radical (unpaired) electrons. The fourth-order valence-electron chi connectivity index (χ4n) is 3.45. The number of carbonyl (C=O) groups excluding carboxylic acids is 1. The number of hydrogen-bond acceptors (Lipinski definition) is 7. The average Bonchev–Trinajstić information content (AvgIpc) is 3.42. The van der Waals surface area contributed by atoms with Gasteiger partial charge in [-0.15, -0.1) is 0 Å². The van der Waals surface area contributed by atoms with Crippen molar-refractivity contribution in [3.05, 3.63) is 102 Å². The monoisotopic (exact) mass is 514 g/mol. The quantitative estimate of drug-likeness (QED) is 0.198. The first-order valence-corrected chi connectivity index (χ1v) is 11.8. The van der Waals surface area contributed by atoms with Gasteiger partial charge in [0, 0.05) is 0 Å². The van der Waals surface area contributed by atoms with E-state index < -0.39 is 11.9 Å². The molecule has 1 amide bonds. The first-order valence-electron chi connectivity index (χ1n) is 11.8. The molecule has 4 aromatic rings. The third-order valence-electron chi connectivity index (χ3n) is 5.24. The topological polar surface area (TPSA) is 120 Å². The van der Waals surface area contributed by atoms with Crippen molar-refractivity contribution in [3.8, 4) is 28.4 Å². The zero-order chi connectivity index (χ0) is 26.7. The summed E-state index contributed by atoms with van der Waals surface area (Å²) in [5, 5.41) is 12.9. The van der Waals surface area contributed by atoms with Gasteiger partial charge in [-0.3, -0.25) is 4.79 Å². The van der Waals surface area contributed by atoms with Crippen LogP contribution in [0.25, 0.3) is 11.1 Å². The number of nitrogens with zero attached hydrogens (tertiary/aromatic N) is 1. The number of rotatable bonds is 12. The van der Waals surface area contributed by atoms with Gasteiger partial charge in [0.1, 0.15) is 18.1 Å². The number of hydrogen-bond donors (Lipinski definition) is 2. The zero-order valence-electron chi connectivity index (χ0n) is 20.6. The SMILES string of the molecule is CCOc1cc(C=NNC(=O)COc2ccc(-c3ccccc3)cc2)ccc1OCc1ccc(C(=O)O)o1. The highest BCUT2D eigenvalue weighted by Crippen LogP contribution is 2.29. The molecule has 2 N–H and O–H groups in total. The lowest BCUT2D eigenvalue weighted by molar-refractivity contribution is -0.123. The van der Waals surface area contributed by atoms with E-state index in [4.69, 9.17) is 23.7 Å². The van der Waals surface area contributed by atoms with E-state index in [2.05, 4.69) is 10.5 Å². The van der Waals surface area contributed by atoms with Crippen LogP contribution in [0.2, 0.25) is 0 Å². The molecule has 0 unspecified atom stereocenters. The second kappa shape index (κ2) is 12.8. The molecule has 38 heavy (non-hydrogen) atoms. The van der Waals surface area contributed by atoms with Crippen molar-refractivity contribution in [3.63, 3.8) is 0 Å². The number of benzene rings is 3. The van der Waals surface area contributed by atoms with Crippen LogP contribution in [0.4, 0.5) is 0 Å². The predicted molar refractivity (Wildman–Crippen MR) is 141 cm³/mol. The second-order valence-electron chi connectivity index (χ2n) is 7.97. The fourth-order valence-corrected chi connectivity index (χ4v) is 3.45. The normalized spacial score (nSPS) is 10.8. The summed E-state index contributed by atoms with van der Waals surface area (Å²) in [6.45, 7) is 2.09. The number of carboxylic acid groups (broad SMARTS) is 1. The molecule has 0 saturated heterocycles. The molecule has 0 aliphatic heterocycles. The third-order valence-corrected chi connectivity index (χ3v) is 5.24. The highest BCUT2D eigenvalue weighted by atomic mass is 16.5. The smallest absolute Gasteiger partial charge is 0.371 e. The first-order chi connectivity index (χ1) is 18.5. The first kappa shape index (κ1) is 26.0. The molecule has 3 aromatic carbocycles. The number of ether oxygens (including phenoxy) is 3. The summed E-state index contributed by atoms with van der Waals surface area (Å²) >= 11 is 0. The standard InChI is InChI=1S/C29H26N2O7/c1-2-35-27-16-20(8-14-25(27)37-18-24-13-15-26(38-24)29(33)34)17-30-31-28(32)19-36-23-11-9-22(10-12-23)21-6-4-3-5-7-21/h3-17H,2,18-19H2,1H3,(H,31,32)(H,33,34). The van der Waals surface area contributed by atoms with Crippen LogP contribution in [0.5, 0.6) is 17.2 Å². The van der Waals surface area contributed by atoms with E-state index in [-0.39, 0.29) is 19.0 Å². The molecular formula is C29H26N2O7. The van der Waals surface area contributed by atoms with Crippen molar-refractivity contribution in [2.75, 3.05) is 13.2 Å². The molecule has 194 valence electrons. The van der Waals surface area contributed by atoms with E-state index in [1.165, 1.54) is 18.3 Å². The number of furan rings is 1. The van der Waals surface area contributed by atoms with Crippen molar-refractivity contribution in [2.45, 2.75) is 13.5 Å². The Bertz CT molecular complexity index is 1400. The summed E-state index contributed by atoms with van der Waals surface area (Å²) in [4.78, 5) is 23.1. The minimum absolute atomic E-state index is 0.0336. The minimum Gasteiger partial charge on any atom is -0.490 e. The van der Waals surface area contributed by atoms with Gasteiger partial charge >= 0.3 is 5.97 Å². The Morgan fingerprint density at radius 3 is 2.37 bits per heavy atom. The maximum atomic E-state index is 12.1. The molecule has 1 heterocycles. The largest absolute Gasteiger partial charge is 0.490 e. The van der Waals surface area contributed by atoms with Crippen LogP contribution in [-0.4, -0.2) is 36.4 Å². The predicted octanol–water partition coefficient (Wildman–Crippen LogP) is 5.15. The van der Waals surface area contributed by atoms with E-state index >= 15 is 0 Å². The van der Waals surface area contributed by atoms with Gasteiger partial charge in [-0.05, 0) is 66.1 Å². The van der Waals surface area contributed by atoms with Gasteiger partial charge in [-0.2, -0.15) is 5.10 Å². The van der Waals surface area contributed by atoms with Crippen molar-refractivity contribution < 1.29 is 33.3 Å². The van der Waals surface area contributed by atoms with E-state index in [1.807, 2.05) is 61.5 Å². The van der Waals surface area contributed by atoms with Gasteiger partial charge in [0.15, 0.2) is 18.1 Å². The van der Waals surface area contributed by atoms with Crippen molar-refractivity contribution >= 4 is 18.1 Å². The number of amides is 1. The van der Waals surface area contributed by atoms with Gasteiger partial charge < -0.3 is 23.7 Å². The van der Waals surface area contributed by atoms with E-state index in [0.29, 0.717) is 35.2 Å². The lowest BCUT2D eigenvalue weighted by Gasteiger charge is -2.11. The lowest BCUT2D eigenvalue weighted by atomic mass is 10.1. The molecule has 0 fully saturated rings. The van der Waals surface area contributed by atoms with Gasteiger partial charge in [-0.25, -0.2) is 10.2 Å². The summed E-state index contributed by atoms with van der Waals surface area (Å²) in [5.74, 6) is 0.155. The molecule has 0 saturated carbocycles. The molecule has 9 nitrogen and oxygen atoms in total. The molecule has 0 bridgehead atoms. The van der Waals surface area contributed by atoms with E-state index in [9.17, 15) is 9.59 Å². The molecule has 9 heteroatoms.